The van der Waals surface area contributed by atoms with Crippen LogP contribution >= 0.6 is 0 Å². The number of amides is 1. The molecule has 0 aliphatic rings. The first kappa shape index (κ1) is 23.9. The van der Waals surface area contributed by atoms with Gasteiger partial charge in [0, 0.05) is 12.0 Å². The van der Waals surface area contributed by atoms with Gasteiger partial charge in [0.2, 0.25) is 0 Å². The second-order valence-electron chi connectivity index (χ2n) is 7.23. The summed E-state index contributed by atoms with van der Waals surface area (Å²) in [5.74, 6) is 0.398. The molecule has 7 nitrogen and oxygen atoms in total. The van der Waals surface area contributed by atoms with Gasteiger partial charge in [0.25, 0.3) is 5.91 Å². The van der Waals surface area contributed by atoms with Crippen molar-refractivity contribution in [2.45, 2.75) is 45.8 Å². The third kappa shape index (κ3) is 7.77. The number of carbonyl (C=O) groups is 3. The second kappa shape index (κ2) is 11.7. The van der Waals surface area contributed by atoms with E-state index in [-0.39, 0.29) is 30.8 Å². The molecule has 1 atom stereocenters. The lowest BCUT2D eigenvalue weighted by molar-refractivity contribution is -0.148. The average molecular weight is 427 g/mol. The van der Waals surface area contributed by atoms with Crippen molar-refractivity contribution >= 4 is 17.7 Å². The summed E-state index contributed by atoms with van der Waals surface area (Å²) in [6.07, 6.45) is 0.171. The third-order valence-corrected chi connectivity index (χ3v) is 4.46. The van der Waals surface area contributed by atoms with E-state index in [1.54, 1.807) is 76.4 Å². The normalized spacial score (nSPS) is 11.5. The molecule has 2 aromatic carbocycles. The molecule has 1 unspecified atom stereocenters. The summed E-state index contributed by atoms with van der Waals surface area (Å²) in [5, 5.41) is 2.82. The fourth-order valence-electron chi connectivity index (χ4n) is 2.89. The van der Waals surface area contributed by atoms with Gasteiger partial charge in [-0.3, -0.25) is 14.4 Å². The van der Waals surface area contributed by atoms with E-state index < -0.39 is 12.0 Å². The van der Waals surface area contributed by atoms with E-state index in [0.717, 1.165) is 5.56 Å². The van der Waals surface area contributed by atoms with E-state index in [2.05, 4.69) is 5.32 Å². The van der Waals surface area contributed by atoms with Gasteiger partial charge in [0.05, 0.1) is 25.7 Å². The number of esters is 1. The Kier molecular flexibility index (Phi) is 9.06. The van der Waals surface area contributed by atoms with Crippen molar-refractivity contribution in [2.24, 2.45) is 0 Å². The Morgan fingerprint density at radius 2 is 1.55 bits per heavy atom. The lowest BCUT2D eigenvalue weighted by Crippen LogP contribution is -2.34. The summed E-state index contributed by atoms with van der Waals surface area (Å²) in [5.41, 5.74) is 1.35. The van der Waals surface area contributed by atoms with Crippen molar-refractivity contribution < 1.29 is 28.6 Å². The molecule has 2 aromatic rings. The van der Waals surface area contributed by atoms with Gasteiger partial charge in [-0.1, -0.05) is 19.1 Å². The van der Waals surface area contributed by atoms with Crippen molar-refractivity contribution in [3.05, 3.63) is 59.7 Å². The molecule has 0 saturated carbocycles. The number of benzene rings is 2. The molecule has 0 saturated heterocycles. The van der Waals surface area contributed by atoms with E-state index in [0.29, 0.717) is 23.5 Å². The first-order chi connectivity index (χ1) is 14.8. The SMILES string of the molecule is CCC(=O)c1ccc(OCC(=O)NC(CC(=O)OC(C)C)c2ccc(OC)cc2)cc1. The highest BCUT2D eigenvalue weighted by Gasteiger charge is 2.20. The lowest BCUT2D eigenvalue weighted by atomic mass is 10.0. The van der Waals surface area contributed by atoms with Crippen molar-refractivity contribution in [1.29, 1.82) is 0 Å². The van der Waals surface area contributed by atoms with Crippen LogP contribution in [0.15, 0.2) is 48.5 Å². The van der Waals surface area contributed by atoms with Gasteiger partial charge in [-0.05, 0) is 55.8 Å². The van der Waals surface area contributed by atoms with Crippen molar-refractivity contribution in [3.63, 3.8) is 0 Å². The highest BCUT2D eigenvalue weighted by atomic mass is 16.5. The second-order valence-corrected chi connectivity index (χ2v) is 7.23. The highest BCUT2D eigenvalue weighted by Crippen LogP contribution is 2.21. The Balaban J connectivity index is 2.01. The summed E-state index contributed by atoms with van der Waals surface area (Å²) < 4.78 is 15.9. The van der Waals surface area contributed by atoms with Crippen LogP contribution in [0.5, 0.6) is 11.5 Å². The van der Waals surface area contributed by atoms with Crippen LogP contribution in [0, 0.1) is 0 Å². The number of carbonyl (C=O) groups excluding carboxylic acids is 3. The summed E-state index contributed by atoms with van der Waals surface area (Å²) >= 11 is 0. The van der Waals surface area contributed by atoms with E-state index in [1.807, 2.05) is 0 Å². The molecule has 0 bridgehead atoms. The highest BCUT2D eigenvalue weighted by molar-refractivity contribution is 5.95. The standard InChI is InChI=1S/C24H29NO6/c1-5-22(26)18-8-12-20(13-9-18)30-15-23(27)25-21(14-24(28)31-16(2)3)17-6-10-19(29-4)11-7-17/h6-13,16,21H,5,14-15H2,1-4H3,(H,25,27). The van der Waals surface area contributed by atoms with Crippen LogP contribution in [0.1, 0.15) is 55.6 Å². The zero-order valence-electron chi connectivity index (χ0n) is 18.3. The molecule has 0 radical (unpaired) electrons. The summed E-state index contributed by atoms with van der Waals surface area (Å²) in [6, 6.07) is 13.2. The maximum atomic E-state index is 12.5. The number of hydrogen-bond acceptors (Lipinski definition) is 6. The van der Waals surface area contributed by atoms with Gasteiger partial charge < -0.3 is 19.5 Å². The molecule has 0 aromatic heterocycles. The van der Waals surface area contributed by atoms with Crippen molar-refractivity contribution in [1.82, 2.24) is 5.32 Å². The predicted octanol–water partition coefficient (Wildman–Crippen LogP) is 3.87. The predicted molar refractivity (Wildman–Crippen MR) is 116 cm³/mol. The molecule has 7 heteroatoms. The number of hydrogen-bond donors (Lipinski definition) is 1. The molecule has 2 rings (SSSR count). The first-order valence-electron chi connectivity index (χ1n) is 10.2. The average Bonchev–Trinajstić information content (AvgIpc) is 2.76. The van der Waals surface area contributed by atoms with Gasteiger partial charge in [-0.2, -0.15) is 0 Å². The fraction of sp³-hybridized carbons (Fsp3) is 0.375. The monoisotopic (exact) mass is 427 g/mol. The van der Waals surface area contributed by atoms with Crippen molar-refractivity contribution in [2.75, 3.05) is 13.7 Å². The van der Waals surface area contributed by atoms with Crippen LogP contribution in [0.4, 0.5) is 0 Å². The molecule has 0 aliphatic carbocycles. The molecule has 0 heterocycles. The minimum atomic E-state index is -0.571. The van der Waals surface area contributed by atoms with Gasteiger partial charge >= 0.3 is 5.97 Å². The van der Waals surface area contributed by atoms with Crippen LogP contribution in [-0.4, -0.2) is 37.5 Å². The van der Waals surface area contributed by atoms with Crippen molar-refractivity contribution in [3.8, 4) is 11.5 Å². The number of methoxy groups -OCH3 is 1. The number of ether oxygens (including phenoxy) is 3. The third-order valence-electron chi connectivity index (χ3n) is 4.46. The van der Waals surface area contributed by atoms with E-state index >= 15 is 0 Å². The molecular formula is C24H29NO6. The van der Waals surface area contributed by atoms with Crippen LogP contribution in [-0.2, 0) is 14.3 Å². The van der Waals surface area contributed by atoms with Gasteiger partial charge in [-0.15, -0.1) is 0 Å². The Hall–Kier alpha value is -3.35. The molecule has 166 valence electrons. The molecule has 0 fully saturated rings. The number of Topliss-reactive ketones (excluding diaryl/α,β-unsaturated/α-hetero) is 1. The topological polar surface area (TPSA) is 90.9 Å². The Bertz CT molecular complexity index is 874. The summed E-state index contributed by atoms with van der Waals surface area (Å²) in [6.45, 7) is 5.11. The minimum Gasteiger partial charge on any atom is -0.497 e. The lowest BCUT2D eigenvalue weighted by Gasteiger charge is -2.20. The molecule has 0 spiro atoms. The molecule has 31 heavy (non-hydrogen) atoms. The van der Waals surface area contributed by atoms with E-state index in [4.69, 9.17) is 14.2 Å². The number of nitrogens with one attached hydrogen (secondary N) is 1. The zero-order chi connectivity index (χ0) is 22.8. The Labute approximate surface area is 182 Å². The largest absolute Gasteiger partial charge is 0.497 e. The number of rotatable bonds is 11. The van der Waals surface area contributed by atoms with E-state index in [9.17, 15) is 14.4 Å². The first-order valence-corrected chi connectivity index (χ1v) is 10.2. The van der Waals surface area contributed by atoms with E-state index in [1.165, 1.54) is 0 Å². The molecular weight excluding hydrogens is 398 g/mol. The molecule has 1 N–H and O–H groups in total. The quantitative estimate of drug-likeness (QED) is 0.432. The Morgan fingerprint density at radius 3 is 2.10 bits per heavy atom. The van der Waals surface area contributed by atoms with Gasteiger partial charge in [-0.25, -0.2) is 0 Å². The zero-order valence-corrected chi connectivity index (χ0v) is 18.3. The molecule has 1 amide bonds. The smallest absolute Gasteiger partial charge is 0.308 e. The van der Waals surface area contributed by atoms with Gasteiger partial charge in [0.1, 0.15) is 11.5 Å². The van der Waals surface area contributed by atoms with Crippen LogP contribution in [0.3, 0.4) is 0 Å². The Morgan fingerprint density at radius 1 is 0.935 bits per heavy atom. The summed E-state index contributed by atoms with van der Waals surface area (Å²) in [7, 11) is 1.57. The maximum Gasteiger partial charge on any atom is 0.308 e. The fourth-order valence-corrected chi connectivity index (χ4v) is 2.89. The van der Waals surface area contributed by atoms with Crippen LogP contribution in [0.2, 0.25) is 0 Å². The maximum absolute atomic E-state index is 12.5. The summed E-state index contributed by atoms with van der Waals surface area (Å²) in [4.78, 5) is 36.3. The molecule has 0 aliphatic heterocycles. The van der Waals surface area contributed by atoms with Crippen LogP contribution in [0.25, 0.3) is 0 Å². The number of ketones is 1. The van der Waals surface area contributed by atoms with Crippen LogP contribution < -0.4 is 14.8 Å². The van der Waals surface area contributed by atoms with Gasteiger partial charge in [0.15, 0.2) is 12.4 Å². The minimum absolute atomic E-state index is 0.00985.